The Morgan fingerprint density at radius 2 is 2.00 bits per heavy atom. The lowest BCUT2D eigenvalue weighted by atomic mass is 9.92. The Bertz CT molecular complexity index is 325. The predicted octanol–water partition coefficient (Wildman–Crippen LogP) is 2.85. The van der Waals surface area contributed by atoms with Crippen LogP contribution in [0.5, 0.6) is 0 Å². The van der Waals surface area contributed by atoms with Crippen LogP contribution in [0.25, 0.3) is 0 Å². The average molecular weight is 228 g/mol. The monoisotopic (exact) mass is 227 g/mol. The number of rotatable bonds is 4. The van der Waals surface area contributed by atoms with Crippen LogP contribution in [0.4, 0.5) is 0 Å². The number of aliphatic hydroxyl groups excluding tert-OH is 1. The minimum atomic E-state index is -0.133. The summed E-state index contributed by atoms with van der Waals surface area (Å²) < 4.78 is 0. The van der Waals surface area contributed by atoms with Gasteiger partial charge < -0.3 is 10.8 Å². The highest BCUT2D eigenvalue weighted by Crippen LogP contribution is 2.28. The molecule has 2 nitrogen and oxygen atoms in total. The van der Waals surface area contributed by atoms with E-state index >= 15 is 0 Å². The average Bonchev–Trinajstić information content (AvgIpc) is 2.17. The van der Waals surface area contributed by atoms with Gasteiger partial charge in [-0.1, -0.05) is 31.5 Å². The van der Waals surface area contributed by atoms with Crippen molar-refractivity contribution in [3.8, 4) is 0 Å². The van der Waals surface area contributed by atoms with Crippen molar-refractivity contribution in [2.24, 2.45) is 5.73 Å². The van der Waals surface area contributed by atoms with Gasteiger partial charge in [0.2, 0.25) is 0 Å². The van der Waals surface area contributed by atoms with Crippen molar-refractivity contribution in [1.29, 1.82) is 0 Å². The van der Waals surface area contributed by atoms with E-state index in [0.29, 0.717) is 17.4 Å². The summed E-state index contributed by atoms with van der Waals surface area (Å²) in [5.41, 5.74) is 8.25. The largest absolute Gasteiger partial charge is 0.396 e. The number of halogens is 1. The molecule has 0 aromatic heterocycles. The van der Waals surface area contributed by atoms with E-state index in [2.05, 4.69) is 13.8 Å². The molecule has 0 saturated carbocycles. The van der Waals surface area contributed by atoms with Crippen molar-refractivity contribution < 1.29 is 5.11 Å². The zero-order valence-corrected chi connectivity index (χ0v) is 9.96. The molecule has 0 bridgehead atoms. The summed E-state index contributed by atoms with van der Waals surface area (Å²) in [5.74, 6) is 0.419. The summed E-state index contributed by atoms with van der Waals surface area (Å²) in [7, 11) is 0. The molecule has 84 valence electrons. The summed E-state index contributed by atoms with van der Waals surface area (Å²) in [5, 5.41) is 9.58. The van der Waals surface area contributed by atoms with Gasteiger partial charge in [0, 0.05) is 17.7 Å². The molecule has 3 N–H and O–H groups in total. The first kappa shape index (κ1) is 12.5. The molecular formula is C12H18ClNO. The minimum Gasteiger partial charge on any atom is -0.396 e. The van der Waals surface area contributed by atoms with Crippen LogP contribution in [0.15, 0.2) is 18.2 Å². The number of aliphatic hydroxyl groups is 1. The Hall–Kier alpha value is -0.570. The zero-order chi connectivity index (χ0) is 11.4. The van der Waals surface area contributed by atoms with E-state index in [4.69, 9.17) is 22.4 Å². The Kier molecular flexibility index (Phi) is 4.58. The first-order chi connectivity index (χ1) is 7.06. The summed E-state index contributed by atoms with van der Waals surface area (Å²) in [6.45, 7) is 4.35. The Balaban J connectivity index is 3.06. The number of hydrogen-bond donors (Lipinski definition) is 2. The molecule has 1 atom stereocenters. The van der Waals surface area contributed by atoms with Crippen molar-refractivity contribution in [2.45, 2.75) is 32.2 Å². The third-order valence-corrected chi connectivity index (χ3v) is 2.75. The maximum atomic E-state index is 8.88. The fourth-order valence-corrected chi connectivity index (χ4v) is 1.87. The molecule has 3 heteroatoms. The van der Waals surface area contributed by atoms with Crippen LogP contribution < -0.4 is 5.73 Å². The first-order valence-electron chi connectivity index (χ1n) is 5.22. The van der Waals surface area contributed by atoms with Crippen molar-refractivity contribution in [2.75, 3.05) is 6.61 Å². The van der Waals surface area contributed by atoms with Crippen LogP contribution in [0, 0.1) is 0 Å². The second-order valence-corrected chi connectivity index (χ2v) is 4.48. The molecule has 0 amide bonds. The van der Waals surface area contributed by atoms with Crippen LogP contribution in [0.1, 0.15) is 43.4 Å². The quantitative estimate of drug-likeness (QED) is 0.831. The van der Waals surface area contributed by atoms with Gasteiger partial charge in [0.05, 0.1) is 0 Å². The molecule has 0 aliphatic heterocycles. The van der Waals surface area contributed by atoms with Gasteiger partial charge in [-0.25, -0.2) is 0 Å². The summed E-state index contributed by atoms with van der Waals surface area (Å²) >= 11 is 5.95. The van der Waals surface area contributed by atoms with Gasteiger partial charge in [-0.05, 0) is 35.6 Å². The maximum absolute atomic E-state index is 8.88. The van der Waals surface area contributed by atoms with E-state index in [-0.39, 0.29) is 12.6 Å². The van der Waals surface area contributed by atoms with Gasteiger partial charge in [0.15, 0.2) is 0 Å². The fraction of sp³-hybridized carbons (Fsp3) is 0.500. The number of nitrogens with two attached hydrogens (primary N) is 1. The highest BCUT2D eigenvalue weighted by Gasteiger charge is 2.13. The van der Waals surface area contributed by atoms with Gasteiger partial charge in [-0.2, -0.15) is 0 Å². The third kappa shape index (κ3) is 3.20. The van der Waals surface area contributed by atoms with Gasteiger partial charge in [-0.15, -0.1) is 0 Å². The molecule has 15 heavy (non-hydrogen) atoms. The molecule has 1 aromatic rings. The highest BCUT2D eigenvalue weighted by molar-refractivity contribution is 6.30. The molecule has 0 fully saturated rings. The third-order valence-electron chi connectivity index (χ3n) is 2.51. The van der Waals surface area contributed by atoms with Crippen LogP contribution in [0.3, 0.4) is 0 Å². The SMILES string of the molecule is CC(C)c1ccc(Cl)cc1C(N)CCO. The topological polar surface area (TPSA) is 46.2 Å². The zero-order valence-electron chi connectivity index (χ0n) is 9.20. The molecule has 0 saturated heterocycles. The van der Waals surface area contributed by atoms with Gasteiger partial charge >= 0.3 is 0 Å². The van der Waals surface area contributed by atoms with E-state index in [1.165, 1.54) is 5.56 Å². The van der Waals surface area contributed by atoms with E-state index < -0.39 is 0 Å². The van der Waals surface area contributed by atoms with E-state index in [1.54, 1.807) is 0 Å². The van der Waals surface area contributed by atoms with Gasteiger partial charge in [0.1, 0.15) is 0 Å². The fourth-order valence-electron chi connectivity index (χ4n) is 1.69. The van der Waals surface area contributed by atoms with Crippen molar-refractivity contribution in [3.05, 3.63) is 34.3 Å². The highest BCUT2D eigenvalue weighted by atomic mass is 35.5. The van der Waals surface area contributed by atoms with Crippen molar-refractivity contribution >= 4 is 11.6 Å². The maximum Gasteiger partial charge on any atom is 0.0449 e. The summed E-state index contributed by atoms with van der Waals surface area (Å²) in [6, 6.07) is 5.66. The molecule has 1 rings (SSSR count). The number of benzene rings is 1. The van der Waals surface area contributed by atoms with Crippen molar-refractivity contribution in [3.63, 3.8) is 0 Å². The molecule has 1 unspecified atom stereocenters. The second-order valence-electron chi connectivity index (χ2n) is 4.05. The Labute approximate surface area is 96.1 Å². The van der Waals surface area contributed by atoms with Crippen LogP contribution in [0.2, 0.25) is 5.02 Å². The standard InChI is InChI=1S/C12H18ClNO/c1-8(2)10-4-3-9(13)7-11(10)12(14)5-6-15/h3-4,7-8,12,15H,5-6,14H2,1-2H3. The lowest BCUT2D eigenvalue weighted by molar-refractivity contribution is 0.276. The van der Waals surface area contributed by atoms with Crippen LogP contribution in [-0.4, -0.2) is 11.7 Å². The summed E-state index contributed by atoms with van der Waals surface area (Å²) in [6.07, 6.45) is 0.570. The second kappa shape index (κ2) is 5.50. The Morgan fingerprint density at radius 3 is 2.53 bits per heavy atom. The molecule has 0 spiro atoms. The normalized spacial score (nSPS) is 13.2. The minimum absolute atomic E-state index is 0.102. The first-order valence-corrected chi connectivity index (χ1v) is 5.59. The molecule has 1 aromatic carbocycles. The molecule has 0 radical (unpaired) electrons. The smallest absolute Gasteiger partial charge is 0.0449 e. The van der Waals surface area contributed by atoms with E-state index in [9.17, 15) is 0 Å². The lowest BCUT2D eigenvalue weighted by Gasteiger charge is -2.18. The van der Waals surface area contributed by atoms with E-state index in [1.807, 2.05) is 18.2 Å². The van der Waals surface area contributed by atoms with Gasteiger partial charge in [0.25, 0.3) is 0 Å². The Morgan fingerprint density at radius 1 is 1.33 bits per heavy atom. The molecule has 0 heterocycles. The lowest BCUT2D eigenvalue weighted by Crippen LogP contribution is -2.14. The van der Waals surface area contributed by atoms with Gasteiger partial charge in [-0.3, -0.25) is 0 Å². The van der Waals surface area contributed by atoms with Crippen LogP contribution >= 0.6 is 11.6 Å². The number of hydrogen-bond acceptors (Lipinski definition) is 2. The summed E-state index contributed by atoms with van der Waals surface area (Å²) in [4.78, 5) is 0. The molecule has 0 aliphatic carbocycles. The molecular weight excluding hydrogens is 210 g/mol. The van der Waals surface area contributed by atoms with Crippen LogP contribution in [-0.2, 0) is 0 Å². The molecule has 0 aliphatic rings. The van der Waals surface area contributed by atoms with Crippen molar-refractivity contribution in [1.82, 2.24) is 0 Å². The predicted molar refractivity (Wildman–Crippen MR) is 64.2 cm³/mol. The van der Waals surface area contributed by atoms with E-state index in [0.717, 1.165) is 5.56 Å².